The Morgan fingerprint density at radius 1 is 1.47 bits per heavy atom. The zero-order valence-electron chi connectivity index (χ0n) is 9.30. The van der Waals surface area contributed by atoms with Crippen LogP contribution in [-0.2, 0) is 6.54 Å². The Bertz CT molecular complexity index is 534. The van der Waals surface area contributed by atoms with Crippen molar-refractivity contribution in [3.05, 3.63) is 47.7 Å². The molecule has 0 aliphatic heterocycles. The molecular formula is C12H12N2O3. The van der Waals surface area contributed by atoms with Crippen molar-refractivity contribution in [1.82, 2.24) is 4.98 Å². The number of aryl methyl sites for hydroxylation is 1. The van der Waals surface area contributed by atoms with Crippen molar-refractivity contribution in [2.45, 2.75) is 13.5 Å². The van der Waals surface area contributed by atoms with E-state index in [-0.39, 0.29) is 5.76 Å². The third kappa shape index (κ3) is 2.63. The zero-order chi connectivity index (χ0) is 12.3. The average Bonchev–Trinajstić information content (AvgIpc) is 2.77. The van der Waals surface area contributed by atoms with E-state index < -0.39 is 5.97 Å². The van der Waals surface area contributed by atoms with Gasteiger partial charge in [-0.3, -0.25) is 4.98 Å². The number of rotatable bonds is 4. The van der Waals surface area contributed by atoms with E-state index in [2.05, 4.69) is 10.3 Å². The summed E-state index contributed by atoms with van der Waals surface area (Å²) in [6, 6.07) is 6.82. The number of hydrogen-bond acceptors (Lipinski definition) is 4. The monoisotopic (exact) mass is 232 g/mol. The largest absolute Gasteiger partial charge is 0.475 e. The lowest BCUT2D eigenvalue weighted by Gasteiger charge is -2.06. The first-order valence-electron chi connectivity index (χ1n) is 5.14. The number of anilines is 1. The van der Waals surface area contributed by atoms with Gasteiger partial charge in [0.1, 0.15) is 5.76 Å². The van der Waals surface area contributed by atoms with E-state index >= 15 is 0 Å². The molecule has 0 saturated carbocycles. The van der Waals surface area contributed by atoms with Gasteiger partial charge in [-0.1, -0.05) is 0 Å². The molecule has 0 amide bonds. The van der Waals surface area contributed by atoms with Gasteiger partial charge in [-0.15, -0.1) is 0 Å². The number of carboxylic acid groups (broad SMARTS) is 1. The molecule has 0 aromatic carbocycles. The van der Waals surface area contributed by atoms with E-state index in [1.807, 2.05) is 19.1 Å². The number of aromatic carboxylic acids is 1. The molecule has 5 heteroatoms. The van der Waals surface area contributed by atoms with Crippen LogP contribution in [0.25, 0.3) is 0 Å². The normalized spacial score (nSPS) is 10.2. The van der Waals surface area contributed by atoms with Crippen LogP contribution in [-0.4, -0.2) is 16.1 Å². The number of hydrogen-bond donors (Lipinski definition) is 2. The zero-order valence-corrected chi connectivity index (χ0v) is 9.30. The Labute approximate surface area is 98.1 Å². The second-order valence-corrected chi connectivity index (χ2v) is 3.56. The van der Waals surface area contributed by atoms with Gasteiger partial charge in [-0.2, -0.15) is 0 Å². The molecule has 5 nitrogen and oxygen atoms in total. The number of aromatic nitrogens is 1. The number of carbonyl (C=O) groups is 1. The fraction of sp³-hybridized carbons (Fsp3) is 0.167. The van der Waals surface area contributed by atoms with Gasteiger partial charge in [0.25, 0.3) is 0 Å². The van der Waals surface area contributed by atoms with Crippen LogP contribution in [0.1, 0.15) is 22.0 Å². The smallest absolute Gasteiger partial charge is 0.371 e. The van der Waals surface area contributed by atoms with Crippen molar-refractivity contribution >= 4 is 11.7 Å². The highest BCUT2D eigenvalue weighted by Crippen LogP contribution is 2.14. The minimum atomic E-state index is -1.06. The van der Waals surface area contributed by atoms with E-state index in [4.69, 9.17) is 9.52 Å². The highest BCUT2D eigenvalue weighted by Gasteiger charge is 2.08. The standard InChI is InChI=1S/C12H12N2O3/c1-8-10(3-2-6-13-8)14-7-9-4-5-11(17-9)12(15)16/h2-6,14H,7H2,1H3,(H,15,16). The number of carboxylic acids is 1. The van der Waals surface area contributed by atoms with Crippen LogP contribution >= 0.6 is 0 Å². The summed E-state index contributed by atoms with van der Waals surface area (Å²) in [6.45, 7) is 2.33. The summed E-state index contributed by atoms with van der Waals surface area (Å²) in [4.78, 5) is 14.8. The molecule has 0 aliphatic rings. The molecule has 0 saturated heterocycles. The minimum absolute atomic E-state index is 0.0512. The Hall–Kier alpha value is -2.30. The summed E-state index contributed by atoms with van der Waals surface area (Å²) in [5.41, 5.74) is 1.79. The highest BCUT2D eigenvalue weighted by atomic mass is 16.4. The lowest BCUT2D eigenvalue weighted by molar-refractivity contribution is 0.0660. The van der Waals surface area contributed by atoms with Crippen molar-refractivity contribution in [2.24, 2.45) is 0 Å². The van der Waals surface area contributed by atoms with E-state index in [1.54, 1.807) is 12.3 Å². The SMILES string of the molecule is Cc1ncccc1NCc1ccc(C(=O)O)o1. The second kappa shape index (κ2) is 4.69. The molecule has 0 fully saturated rings. The molecule has 88 valence electrons. The summed E-state index contributed by atoms with van der Waals surface area (Å²) < 4.78 is 5.12. The van der Waals surface area contributed by atoms with Crippen molar-refractivity contribution < 1.29 is 14.3 Å². The lowest BCUT2D eigenvalue weighted by Crippen LogP contribution is -2.01. The van der Waals surface area contributed by atoms with Crippen LogP contribution in [0, 0.1) is 6.92 Å². The Morgan fingerprint density at radius 3 is 2.94 bits per heavy atom. The third-order valence-electron chi connectivity index (χ3n) is 2.33. The molecule has 0 spiro atoms. The highest BCUT2D eigenvalue weighted by molar-refractivity contribution is 5.84. The van der Waals surface area contributed by atoms with Crippen LogP contribution < -0.4 is 5.32 Å². The molecule has 2 rings (SSSR count). The van der Waals surface area contributed by atoms with Crippen molar-refractivity contribution in [3.8, 4) is 0 Å². The number of nitrogens with zero attached hydrogens (tertiary/aromatic N) is 1. The molecule has 0 radical (unpaired) electrons. The van der Waals surface area contributed by atoms with Crippen LogP contribution in [0.2, 0.25) is 0 Å². The maximum atomic E-state index is 10.6. The molecule has 0 aliphatic carbocycles. The molecule has 2 aromatic rings. The van der Waals surface area contributed by atoms with E-state index in [9.17, 15) is 4.79 Å². The minimum Gasteiger partial charge on any atom is -0.475 e. The van der Waals surface area contributed by atoms with Gasteiger partial charge >= 0.3 is 5.97 Å². The van der Waals surface area contributed by atoms with E-state index in [1.165, 1.54) is 6.07 Å². The molecule has 2 aromatic heterocycles. The quantitative estimate of drug-likeness (QED) is 0.845. The molecular weight excluding hydrogens is 220 g/mol. The molecule has 0 unspecified atom stereocenters. The molecule has 0 bridgehead atoms. The van der Waals surface area contributed by atoms with Crippen LogP contribution in [0.4, 0.5) is 5.69 Å². The van der Waals surface area contributed by atoms with Crippen LogP contribution in [0.3, 0.4) is 0 Å². The third-order valence-corrected chi connectivity index (χ3v) is 2.33. The second-order valence-electron chi connectivity index (χ2n) is 3.56. The lowest BCUT2D eigenvalue weighted by atomic mass is 10.3. The molecule has 17 heavy (non-hydrogen) atoms. The van der Waals surface area contributed by atoms with Gasteiger partial charge in [0.05, 0.1) is 17.9 Å². The summed E-state index contributed by atoms with van der Waals surface area (Å²) in [6.07, 6.45) is 1.72. The maximum Gasteiger partial charge on any atom is 0.371 e. The topological polar surface area (TPSA) is 75.4 Å². The van der Waals surface area contributed by atoms with Crippen molar-refractivity contribution in [3.63, 3.8) is 0 Å². The van der Waals surface area contributed by atoms with Crippen molar-refractivity contribution in [2.75, 3.05) is 5.32 Å². The summed E-state index contributed by atoms with van der Waals surface area (Å²) in [5.74, 6) is -0.538. The van der Waals surface area contributed by atoms with Gasteiger partial charge in [-0.05, 0) is 31.2 Å². The van der Waals surface area contributed by atoms with Gasteiger partial charge in [0, 0.05) is 6.20 Å². The van der Waals surface area contributed by atoms with Crippen molar-refractivity contribution in [1.29, 1.82) is 0 Å². The van der Waals surface area contributed by atoms with Crippen LogP contribution in [0.5, 0.6) is 0 Å². The Morgan fingerprint density at radius 2 is 2.29 bits per heavy atom. The summed E-state index contributed by atoms with van der Waals surface area (Å²) >= 11 is 0. The summed E-state index contributed by atoms with van der Waals surface area (Å²) in [5, 5.41) is 11.8. The molecule has 2 N–H and O–H groups in total. The van der Waals surface area contributed by atoms with Crippen LogP contribution in [0.15, 0.2) is 34.9 Å². The average molecular weight is 232 g/mol. The van der Waals surface area contributed by atoms with Gasteiger partial charge < -0.3 is 14.8 Å². The first kappa shape index (κ1) is 11.2. The number of furan rings is 1. The Balaban J connectivity index is 2.02. The molecule has 2 heterocycles. The number of pyridine rings is 1. The first-order chi connectivity index (χ1) is 8.16. The van der Waals surface area contributed by atoms with Gasteiger partial charge in [0.2, 0.25) is 5.76 Å². The number of nitrogens with one attached hydrogen (secondary N) is 1. The Kier molecular flexibility index (Phi) is 3.09. The first-order valence-corrected chi connectivity index (χ1v) is 5.14. The maximum absolute atomic E-state index is 10.6. The fourth-order valence-electron chi connectivity index (χ4n) is 1.44. The van der Waals surface area contributed by atoms with Gasteiger partial charge in [-0.25, -0.2) is 4.79 Å². The predicted octanol–water partition coefficient (Wildman–Crippen LogP) is 2.29. The van der Waals surface area contributed by atoms with Gasteiger partial charge in [0.15, 0.2) is 0 Å². The van der Waals surface area contributed by atoms with E-state index in [0.29, 0.717) is 12.3 Å². The summed E-state index contributed by atoms with van der Waals surface area (Å²) in [7, 11) is 0. The predicted molar refractivity (Wildman–Crippen MR) is 62.0 cm³/mol. The molecule has 0 atom stereocenters. The fourth-order valence-corrected chi connectivity index (χ4v) is 1.44. The van der Waals surface area contributed by atoms with E-state index in [0.717, 1.165) is 11.4 Å².